The minimum atomic E-state index is -0.512. The molecule has 2 amide bonds. The third-order valence-electron chi connectivity index (χ3n) is 5.37. The van der Waals surface area contributed by atoms with Crippen molar-refractivity contribution in [2.45, 2.75) is 38.6 Å². The Kier molecular flexibility index (Phi) is 4.84. The Bertz CT molecular complexity index is 824. The van der Waals surface area contributed by atoms with Crippen LogP contribution in [0.4, 0.5) is 17.1 Å². The predicted octanol–water partition coefficient (Wildman–Crippen LogP) is 3.73. The van der Waals surface area contributed by atoms with Crippen LogP contribution in [0.1, 0.15) is 31.2 Å². The number of carbonyl (C=O) groups is 2. The normalized spacial score (nSPS) is 20.3. The van der Waals surface area contributed by atoms with E-state index in [-0.39, 0.29) is 18.2 Å². The molecule has 27 heavy (non-hydrogen) atoms. The molecule has 4 rings (SSSR count). The zero-order valence-corrected chi connectivity index (χ0v) is 15.6. The van der Waals surface area contributed by atoms with E-state index in [2.05, 4.69) is 10.2 Å². The largest absolute Gasteiger partial charge is 0.373 e. The highest BCUT2D eigenvalue weighted by Gasteiger charge is 2.39. The van der Waals surface area contributed by atoms with Crippen molar-refractivity contribution in [2.75, 3.05) is 28.2 Å². The topological polar surface area (TPSA) is 52.7 Å². The highest BCUT2D eigenvalue weighted by atomic mass is 16.2. The molecule has 2 aliphatic rings. The summed E-state index contributed by atoms with van der Waals surface area (Å²) in [5.74, 6) is -0.346. The van der Waals surface area contributed by atoms with Crippen molar-refractivity contribution in [1.29, 1.82) is 0 Å². The van der Waals surface area contributed by atoms with Crippen molar-refractivity contribution in [3.8, 4) is 0 Å². The number of benzene rings is 2. The van der Waals surface area contributed by atoms with E-state index in [1.807, 2.05) is 55.5 Å². The van der Waals surface area contributed by atoms with Gasteiger partial charge in [0.05, 0.1) is 12.1 Å². The number of amides is 2. The van der Waals surface area contributed by atoms with Crippen molar-refractivity contribution in [2.24, 2.45) is 0 Å². The number of piperidine rings is 1. The fraction of sp³-hybridized carbons (Fsp3) is 0.364. The van der Waals surface area contributed by atoms with Gasteiger partial charge in [-0.05, 0) is 62.6 Å². The van der Waals surface area contributed by atoms with Crippen LogP contribution >= 0.6 is 0 Å². The summed E-state index contributed by atoms with van der Waals surface area (Å²) < 4.78 is 0. The van der Waals surface area contributed by atoms with E-state index >= 15 is 0 Å². The molecule has 0 radical (unpaired) electrons. The van der Waals surface area contributed by atoms with Gasteiger partial charge in [0.2, 0.25) is 5.91 Å². The number of hydrogen-bond donors (Lipinski definition) is 1. The van der Waals surface area contributed by atoms with Crippen LogP contribution in [0.2, 0.25) is 0 Å². The SMILES string of the molecule is Cc1ccc(N[C@H]2CC(=O)N(c3ccc(N4CCCCC4)cc3)C2=O)cc1. The number of rotatable bonds is 4. The summed E-state index contributed by atoms with van der Waals surface area (Å²) in [7, 11) is 0. The number of nitrogens with one attached hydrogen (secondary N) is 1. The molecule has 1 N–H and O–H groups in total. The number of imide groups is 1. The lowest BCUT2D eigenvalue weighted by Gasteiger charge is -2.29. The molecule has 0 spiro atoms. The number of carbonyl (C=O) groups excluding carboxylic acids is 2. The number of nitrogens with zero attached hydrogens (tertiary/aromatic N) is 2. The molecule has 0 aliphatic carbocycles. The summed E-state index contributed by atoms with van der Waals surface area (Å²) >= 11 is 0. The van der Waals surface area contributed by atoms with E-state index in [4.69, 9.17) is 0 Å². The third kappa shape index (κ3) is 3.68. The molecule has 2 heterocycles. The molecular weight excluding hydrogens is 338 g/mol. The van der Waals surface area contributed by atoms with Gasteiger partial charge in [0.1, 0.15) is 6.04 Å². The van der Waals surface area contributed by atoms with Gasteiger partial charge in [0.15, 0.2) is 0 Å². The molecule has 2 saturated heterocycles. The van der Waals surface area contributed by atoms with Crippen molar-refractivity contribution in [3.05, 3.63) is 54.1 Å². The molecule has 1 atom stereocenters. The third-order valence-corrected chi connectivity index (χ3v) is 5.37. The van der Waals surface area contributed by atoms with E-state index in [1.54, 1.807) is 0 Å². The van der Waals surface area contributed by atoms with Gasteiger partial charge >= 0.3 is 0 Å². The molecule has 140 valence electrons. The van der Waals surface area contributed by atoms with Crippen molar-refractivity contribution in [3.63, 3.8) is 0 Å². The van der Waals surface area contributed by atoms with Gasteiger partial charge in [-0.3, -0.25) is 9.59 Å². The Balaban J connectivity index is 1.47. The van der Waals surface area contributed by atoms with Crippen LogP contribution < -0.4 is 15.1 Å². The first-order valence-corrected chi connectivity index (χ1v) is 9.67. The first-order chi connectivity index (χ1) is 13.1. The molecule has 0 saturated carbocycles. The minimum Gasteiger partial charge on any atom is -0.373 e. The monoisotopic (exact) mass is 363 g/mol. The van der Waals surface area contributed by atoms with Gasteiger partial charge in [0, 0.05) is 24.5 Å². The highest BCUT2D eigenvalue weighted by Crippen LogP contribution is 2.28. The number of anilines is 3. The van der Waals surface area contributed by atoms with Gasteiger partial charge in [-0.2, -0.15) is 0 Å². The lowest BCUT2D eigenvalue weighted by Crippen LogP contribution is -2.35. The Hall–Kier alpha value is -2.82. The second kappa shape index (κ2) is 7.43. The molecular formula is C22H25N3O2. The summed E-state index contributed by atoms with van der Waals surface area (Å²) in [5.41, 5.74) is 3.82. The molecule has 5 nitrogen and oxygen atoms in total. The second-order valence-electron chi connectivity index (χ2n) is 7.40. The van der Waals surface area contributed by atoms with E-state index in [9.17, 15) is 9.59 Å². The average molecular weight is 363 g/mol. The molecule has 0 unspecified atom stereocenters. The van der Waals surface area contributed by atoms with E-state index < -0.39 is 6.04 Å². The van der Waals surface area contributed by atoms with Gasteiger partial charge in [0.25, 0.3) is 5.91 Å². The maximum absolute atomic E-state index is 12.8. The fourth-order valence-corrected chi connectivity index (χ4v) is 3.83. The van der Waals surface area contributed by atoms with E-state index in [0.29, 0.717) is 5.69 Å². The first kappa shape index (κ1) is 17.6. The zero-order valence-electron chi connectivity index (χ0n) is 15.6. The van der Waals surface area contributed by atoms with Crippen LogP contribution in [0, 0.1) is 6.92 Å². The van der Waals surface area contributed by atoms with E-state index in [0.717, 1.165) is 30.0 Å². The van der Waals surface area contributed by atoms with E-state index in [1.165, 1.54) is 24.2 Å². The maximum Gasteiger partial charge on any atom is 0.256 e. The predicted molar refractivity (Wildman–Crippen MR) is 108 cm³/mol. The Morgan fingerprint density at radius 1 is 0.852 bits per heavy atom. The lowest BCUT2D eigenvalue weighted by atomic mass is 10.1. The lowest BCUT2D eigenvalue weighted by molar-refractivity contribution is -0.121. The van der Waals surface area contributed by atoms with Crippen LogP contribution in [0.5, 0.6) is 0 Å². The van der Waals surface area contributed by atoms with Crippen LogP contribution in [-0.4, -0.2) is 30.9 Å². The van der Waals surface area contributed by atoms with Gasteiger partial charge in [-0.15, -0.1) is 0 Å². The standard InChI is InChI=1S/C22H25N3O2/c1-16-5-7-17(8-6-16)23-20-15-21(26)25(22(20)27)19-11-9-18(10-12-19)24-13-3-2-4-14-24/h5-12,20,23H,2-4,13-15H2,1H3/t20-/m0/s1. The Labute approximate surface area is 160 Å². The summed E-state index contributed by atoms with van der Waals surface area (Å²) in [5, 5.41) is 3.19. The maximum atomic E-state index is 12.8. The first-order valence-electron chi connectivity index (χ1n) is 9.67. The van der Waals surface area contributed by atoms with Crippen LogP contribution in [0.3, 0.4) is 0 Å². The van der Waals surface area contributed by atoms with Crippen LogP contribution in [0.25, 0.3) is 0 Å². The highest BCUT2D eigenvalue weighted by molar-refractivity contribution is 6.23. The van der Waals surface area contributed by atoms with Gasteiger partial charge < -0.3 is 10.2 Å². The molecule has 5 heteroatoms. The smallest absolute Gasteiger partial charge is 0.256 e. The van der Waals surface area contributed by atoms with Gasteiger partial charge in [-0.25, -0.2) is 4.90 Å². The zero-order chi connectivity index (χ0) is 18.8. The molecule has 2 fully saturated rings. The molecule has 2 aromatic rings. The minimum absolute atomic E-state index is 0.157. The van der Waals surface area contributed by atoms with Crippen molar-refractivity contribution >= 4 is 28.9 Å². The fourth-order valence-electron chi connectivity index (χ4n) is 3.83. The second-order valence-corrected chi connectivity index (χ2v) is 7.40. The van der Waals surface area contributed by atoms with Crippen molar-refractivity contribution < 1.29 is 9.59 Å². The molecule has 0 bridgehead atoms. The molecule has 2 aromatic carbocycles. The summed E-state index contributed by atoms with van der Waals surface area (Å²) in [6.45, 7) is 4.16. The van der Waals surface area contributed by atoms with Crippen molar-refractivity contribution in [1.82, 2.24) is 0 Å². The summed E-state index contributed by atoms with van der Waals surface area (Å²) in [6, 6.07) is 15.1. The molecule has 0 aromatic heterocycles. The summed E-state index contributed by atoms with van der Waals surface area (Å²) in [4.78, 5) is 29.0. The Morgan fingerprint density at radius 3 is 2.15 bits per heavy atom. The van der Waals surface area contributed by atoms with Crippen LogP contribution in [-0.2, 0) is 9.59 Å². The summed E-state index contributed by atoms with van der Waals surface area (Å²) in [6.07, 6.45) is 3.91. The quantitative estimate of drug-likeness (QED) is 0.841. The Morgan fingerprint density at radius 2 is 1.48 bits per heavy atom. The van der Waals surface area contributed by atoms with Crippen LogP contribution in [0.15, 0.2) is 48.5 Å². The average Bonchev–Trinajstić information content (AvgIpc) is 2.98. The molecule has 2 aliphatic heterocycles. The number of hydrogen-bond acceptors (Lipinski definition) is 4. The van der Waals surface area contributed by atoms with Gasteiger partial charge in [-0.1, -0.05) is 17.7 Å². The number of aryl methyl sites for hydroxylation is 1.